The van der Waals surface area contributed by atoms with Crippen molar-refractivity contribution >= 4 is 23.5 Å². The molecule has 0 fully saturated rings. The van der Waals surface area contributed by atoms with E-state index in [1.165, 1.54) is 13.0 Å². The van der Waals surface area contributed by atoms with E-state index in [0.29, 0.717) is 11.1 Å². The van der Waals surface area contributed by atoms with E-state index < -0.39 is 17.9 Å². The van der Waals surface area contributed by atoms with Gasteiger partial charge >= 0.3 is 5.97 Å². The molecule has 0 saturated heterocycles. The number of nitrogens with one attached hydrogen (secondary N) is 1. The lowest BCUT2D eigenvalue weighted by Gasteiger charge is -2.14. The van der Waals surface area contributed by atoms with Gasteiger partial charge in [-0.25, -0.2) is 4.79 Å². The number of rotatable bonds is 4. The van der Waals surface area contributed by atoms with E-state index in [4.69, 9.17) is 16.7 Å². The molecule has 1 aromatic rings. The molecule has 0 aromatic heterocycles. The first kappa shape index (κ1) is 14.3. The van der Waals surface area contributed by atoms with Crippen molar-refractivity contribution in [1.82, 2.24) is 5.32 Å². The molecule has 98 valence electrons. The molecule has 0 saturated carbocycles. The van der Waals surface area contributed by atoms with Gasteiger partial charge in [-0.15, -0.1) is 0 Å². The topological polar surface area (TPSA) is 86.6 Å². The van der Waals surface area contributed by atoms with Crippen LogP contribution in [-0.4, -0.2) is 28.1 Å². The summed E-state index contributed by atoms with van der Waals surface area (Å²) in [6, 6.07) is 2.11. The summed E-state index contributed by atoms with van der Waals surface area (Å²) < 4.78 is 0. The molecule has 0 bridgehead atoms. The summed E-state index contributed by atoms with van der Waals surface area (Å²) in [5.74, 6) is -1.55. The Balaban J connectivity index is 2.94. The highest BCUT2D eigenvalue weighted by atomic mass is 35.5. The van der Waals surface area contributed by atoms with E-state index in [1.807, 2.05) is 0 Å². The number of aliphatic carboxylic acids is 1. The first-order valence-corrected chi connectivity index (χ1v) is 5.67. The van der Waals surface area contributed by atoms with Crippen LogP contribution in [0.25, 0.3) is 0 Å². The van der Waals surface area contributed by atoms with E-state index >= 15 is 0 Å². The van der Waals surface area contributed by atoms with Gasteiger partial charge in [0.2, 0.25) is 5.91 Å². The van der Waals surface area contributed by atoms with Crippen molar-refractivity contribution < 1.29 is 19.8 Å². The van der Waals surface area contributed by atoms with Crippen LogP contribution in [0.1, 0.15) is 18.1 Å². The zero-order valence-corrected chi connectivity index (χ0v) is 10.8. The van der Waals surface area contributed by atoms with Gasteiger partial charge in [0.25, 0.3) is 0 Å². The van der Waals surface area contributed by atoms with E-state index in [0.717, 1.165) is 0 Å². The minimum absolute atomic E-state index is 0.0215. The third-order valence-electron chi connectivity index (χ3n) is 2.43. The molecule has 5 nitrogen and oxygen atoms in total. The summed E-state index contributed by atoms with van der Waals surface area (Å²) in [6.07, 6.45) is 0.107. The number of hydrogen-bond donors (Lipinski definition) is 3. The van der Waals surface area contributed by atoms with E-state index in [-0.39, 0.29) is 17.2 Å². The van der Waals surface area contributed by atoms with Gasteiger partial charge < -0.3 is 15.5 Å². The third kappa shape index (κ3) is 3.63. The first-order valence-electron chi connectivity index (χ1n) is 5.29. The number of phenolic OH excluding ortho intramolecular Hbond substituents is 1. The fraction of sp³-hybridized carbons (Fsp3) is 0.333. The second-order valence-electron chi connectivity index (χ2n) is 4.04. The number of benzene rings is 1. The lowest BCUT2D eigenvalue weighted by atomic mass is 10.0. The lowest BCUT2D eigenvalue weighted by Crippen LogP contribution is -2.41. The lowest BCUT2D eigenvalue weighted by molar-refractivity contribution is -0.141. The molecule has 1 unspecified atom stereocenters. The van der Waals surface area contributed by atoms with Gasteiger partial charge in [0.1, 0.15) is 11.8 Å². The quantitative estimate of drug-likeness (QED) is 0.774. The molecule has 0 heterocycles. The van der Waals surface area contributed by atoms with E-state index in [9.17, 15) is 14.7 Å². The number of phenols is 1. The number of amides is 1. The molecule has 0 aliphatic carbocycles. The molecule has 1 rings (SSSR count). The fourth-order valence-corrected chi connectivity index (χ4v) is 1.90. The fourth-order valence-electron chi connectivity index (χ4n) is 1.61. The van der Waals surface area contributed by atoms with Crippen molar-refractivity contribution in [3.8, 4) is 5.75 Å². The van der Waals surface area contributed by atoms with Gasteiger partial charge in [-0.05, 0) is 24.1 Å². The van der Waals surface area contributed by atoms with Crippen LogP contribution in [0.3, 0.4) is 0 Å². The molecule has 6 heteroatoms. The molecular weight excluding hydrogens is 258 g/mol. The highest BCUT2D eigenvalue weighted by molar-refractivity contribution is 6.32. The summed E-state index contributed by atoms with van der Waals surface area (Å²) in [7, 11) is 0. The summed E-state index contributed by atoms with van der Waals surface area (Å²) in [4.78, 5) is 21.9. The van der Waals surface area contributed by atoms with Gasteiger partial charge in [-0.2, -0.15) is 0 Å². The molecule has 0 radical (unpaired) electrons. The van der Waals surface area contributed by atoms with Crippen molar-refractivity contribution in [3.05, 3.63) is 28.3 Å². The zero-order chi connectivity index (χ0) is 13.9. The van der Waals surface area contributed by atoms with Gasteiger partial charge in [-0.1, -0.05) is 17.7 Å². The third-order valence-corrected chi connectivity index (χ3v) is 2.72. The molecule has 0 spiro atoms. The number of carbonyl (C=O) groups excluding carboxylic acids is 1. The monoisotopic (exact) mass is 271 g/mol. The number of hydrogen-bond acceptors (Lipinski definition) is 3. The van der Waals surface area contributed by atoms with Crippen LogP contribution in [0, 0.1) is 6.92 Å². The Morgan fingerprint density at radius 1 is 1.44 bits per heavy atom. The van der Waals surface area contributed by atoms with Crippen molar-refractivity contribution in [2.24, 2.45) is 0 Å². The molecule has 0 aliphatic rings. The maximum absolute atomic E-state index is 11.0. The van der Waals surface area contributed by atoms with Gasteiger partial charge in [0.05, 0.1) is 5.02 Å². The van der Waals surface area contributed by atoms with E-state index in [2.05, 4.69) is 5.32 Å². The number of aryl methyl sites for hydroxylation is 1. The summed E-state index contributed by atoms with van der Waals surface area (Å²) in [5, 5.41) is 21.0. The molecule has 0 aliphatic heterocycles. The van der Waals surface area contributed by atoms with Crippen LogP contribution >= 0.6 is 11.6 Å². The standard InChI is InChI=1S/C12H14ClNO4/c1-6-3-8(4-9(13)11(6)16)5-10(12(17)18)14-7(2)15/h3-4,10,16H,5H2,1-2H3,(H,14,15)(H,17,18). The first-order chi connectivity index (χ1) is 8.31. The molecule has 3 N–H and O–H groups in total. The Labute approximate surface area is 109 Å². The number of carboxylic acid groups (broad SMARTS) is 1. The average molecular weight is 272 g/mol. The molecular formula is C12H14ClNO4. The number of aromatic hydroxyl groups is 1. The van der Waals surface area contributed by atoms with Gasteiger partial charge in [0, 0.05) is 13.3 Å². The molecule has 1 atom stereocenters. The van der Waals surface area contributed by atoms with Crippen LogP contribution in [0.5, 0.6) is 5.75 Å². The second kappa shape index (κ2) is 5.73. The smallest absolute Gasteiger partial charge is 0.326 e. The summed E-state index contributed by atoms with van der Waals surface area (Å²) in [6.45, 7) is 2.92. The van der Waals surface area contributed by atoms with Crippen LogP contribution in [0.15, 0.2) is 12.1 Å². The van der Waals surface area contributed by atoms with Crippen molar-refractivity contribution in [2.45, 2.75) is 26.3 Å². The zero-order valence-electron chi connectivity index (χ0n) is 10.0. The Morgan fingerprint density at radius 3 is 2.50 bits per heavy atom. The highest BCUT2D eigenvalue weighted by Gasteiger charge is 2.19. The Hall–Kier alpha value is -1.75. The van der Waals surface area contributed by atoms with Crippen molar-refractivity contribution in [1.29, 1.82) is 0 Å². The van der Waals surface area contributed by atoms with Crippen LogP contribution in [0.2, 0.25) is 5.02 Å². The minimum Gasteiger partial charge on any atom is -0.506 e. The summed E-state index contributed by atoms with van der Waals surface area (Å²) >= 11 is 5.80. The Kier molecular flexibility index (Phi) is 4.55. The predicted molar refractivity (Wildman–Crippen MR) is 66.8 cm³/mol. The number of halogens is 1. The maximum atomic E-state index is 11.0. The van der Waals surface area contributed by atoms with E-state index in [1.54, 1.807) is 13.0 Å². The SMILES string of the molecule is CC(=O)NC(Cc1cc(C)c(O)c(Cl)c1)C(=O)O. The predicted octanol–water partition coefficient (Wildman–Crippen LogP) is 1.49. The van der Waals surface area contributed by atoms with Crippen molar-refractivity contribution in [3.63, 3.8) is 0 Å². The summed E-state index contributed by atoms with van der Waals surface area (Å²) in [5.41, 5.74) is 1.20. The normalized spacial score (nSPS) is 11.9. The van der Waals surface area contributed by atoms with Gasteiger partial charge in [-0.3, -0.25) is 4.79 Å². The highest BCUT2D eigenvalue weighted by Crippen LogP contribution is 2.28. The number of carboxylic acids is 1. The average Bonchev–Trinajstić information content (AvgIpc) is 2.24. The minimum atomic E-state index is -1.12. The van der Waals surface area contributed by atoms with Gasteiger partial charge in [0.15, 0.2) is 0 Å². The van der Waals surface area contributed by atoms with Crippen LogP contribution in [0.4, 0.5) is 0 Å². The van der Waals surface area contributed by atoms with Crippen LogP contribution < -0.4 is 5.32 Å². The number of carbonyl (C=O) groups is 2. The van der Waals surface area contributed by atoms with Crippen LogP contribution in [-0.2, 0) is 16.0 Å². The molecule has 1 amide bonds. The maximum Gasteiger partial charge on any atom is 0.326 e. The Bertz CT molecular complexity index is 464. The Morgan fingerprint density at radius 2 is 2.06 bits per heavy atom. The van der Waals surface area contributed by atoms with Crippen molar-refractivity contribution in [2.75, 3.05) is 0 Å². The second-order valence-corrected chi connectivity index (χ2v) is 4.45. The largest absolute Gasteiger partial charge is 0.506 e. The molecule has 18 heavy (non-hydrogen) atoms. The molecule has 1 aromatic carbocycles.